The van der Waals surface area contributed by atoms with Gasteiger partial charge >= 0.3 is 5.97 Å². The van der Waals surface area contributed by atoms with Gasteiger partial charge in [-0.15, -0.1) is 0 Å². The molecule has 168 valence electrons. The fourth-order valence-corrected chi connectivity index (χ4v) is 4.91. The minimum Gasteiger partial charge on any atom is -0.478 e. The van der Waals surface area contributed by atoms with Crippen molar-refractivity contribution in [3.8, 4) is 0 Å². The maximum atomic E-state index is 13.7. The highest BCUT2D eigenvalue weighted by Gasteiger charge is 2.24. The molecule has 1 N–H and O–H groups in total. The second kappa shape index (κ2) is 9.16. The van der Waals surface area contributed by atoms with Crippen LogP contribution in [0.1, 0.15) is 45.8 Å². The monoisotopic (exact) mass is 443 g/mol. The average Bonchev–Trinajstić information content (AvgIpc) is 3.20. The van der Waals surface area contributed by atoms with Crippen LogP contribution in [-0.4, -0.2) is 38.6 Å². The molecule has 0 spiro atoms. The van der Waals surface area contributed by atoms with E-state index in [0.29, 0.717) is 12.5 Å². The second-order valence-corrected chi connectivity index (χ2v) is 8.75. The fourth-order valence-electron chi connectivity index (χ4n) is 4.91. The molecule has 1 aliphatic rings. The van der Waals surface area contributed by atoms with Crippen LogP contribution in [0.25, 0.3) is 10.9 Å². The summed E-state index contributed by atoms with van der Waals surface area (Å²) in [4.78, 5) is 17.7. The topological polar surface area (TPSA) is 58.4 Å². The number of aromatic nitrogens is 2. The van der Waals surface area contributed by atoms with Crippen LogP contribution in [0.15, 0.2) is 73.2 Å². The maximum absolute atomic E-state index is 13.7. The van der Waals surface area contributed by atoms with Crippen molar-refractivity contribution in [2.75, 3.05) is 13.1 Å². The molecule has 4 aromatic rings. The summed E-state index contributed by atoms with van der Waals surface area (Å²) in [5.74, 6) is -1.43. The number of nitrogens with zero attached hydrogens (tertiary/aromatic N) is 3. The normalized spacial score (nSPS) is 15.2. The third kappa shape index (κ3) is 4.52. The molecule has 0 aliphatic carbocycles. The summed E-state index contributed by atoms with van der Waals surface area (Å²) in [5.41, 5.74) is 4.45. The fraction of sp³-hybridized carbons (Fsp3) is 0.259. The van der Waals surface area contributed by atoms with Crippen molar-refractivity contribution < 1.29 is 14.3 Å². The van der Waals surface area contributed by atoms with Crippen molar-refractivity contribution in [3.63, 3.8) is 0 Å². The van der Waals surface area contributed by atoms with Crippen molar-refractivity contribution in [2.24, 2.45) is 0 Å². The molecule has 33 heavy (non-hydrogen) atoms. The number of carboxylic acid groups (broad SMARTS) is 1. The summed E-state index contributed by atoms with van der Waals surface area (Å²) in [6.07, 6.45) is 8.05. The molecule has 0 amide bonds. The van der Waals surface area contributed by atoms with E-state index in [1.54, 1.807) is 6.07 Å². The van der Waals surface area contributed by atoms with Crippen LogP contribution in [0.3, 0.4) is 0 Å². The Kier molecular flexibility index (Phi) is 5.92. The summed E-state index contributed by atoms with van der Waals surface area (Å²) in [5, 5.41) is 10.5. The van der Waals surface area contributed by atoms with Crippen molar-refractivity contribution >= 4 is 16.9 Å². The van der Waals surface area contributed by atoms with Crippen LogP contribution < -0.4 is 0 Å². The van der Waals surface area contributed by atoms with E-state index in [9.17, 15) is 14.3 Å². The Balaban J connectivity index is 1.31. The molecular formula is C27H26FN3O2. The van der Waals surface area contributed by atoms with E-state index in [1.165, 1.54) is 34.2 Å². The first-order valence-corrected chi connectivity index (χ1v) is 11.3. The molecule has 0 saturated carbocycles. The summed E-state index contributed by atoms with van der Waals surface area (Å²) >= 11 is 0. The number of rotatable bonds is 6. The summed E-state index contributed by atoms with van der Waals surface area (Å²) in [7, 11) is 0. The molecule has 2 aromatic carbocycles. The van der Waals surface area contributed by atoms with Gasteiger partial charge in [0.05, 0.1) is 5.56 Å². The number of pyridine rings is 1. The highest BCUT2D eigenvalue weighted by atomic mass is 19.1. The number of hydrogen-bond acceptors (Lipinski definition) is 3. The third-order valence-electron chi connectivity index (χ3n) is 6.62. The average molecular weight is 444 g/mol. The number of benzene rings is 2. The molecule has 3 heterocycles. The molecule has 6 heteroatoms. The first kappa shape index (κ1) is 21.3. The van der Waals surface area contributed by atoms with Crippen molar-refractivity contribution in [1.82, 2.24) is 14.5 Å². The quantitative estimate of drug-likeness (QED) is 0.439. The lowest BCUT2D eigenvalue weighted by Crippen LogP contribution is -2.32. The van der Waals surface area contributed by atoms with Crippen LogP contribution in [0.5, 0.6) is 0 Å². The number of piperidine rings is 1. The van der Waals surface area contributed by atoms with Crippen LogP contribution in [0.2, 0.25) is 0 Å². The Hall–Kier alpha value is -3.51. The van der Waals surface area contributed by atoms with E-state index in [2.05, 4.69) is 57.0 Å². The van der Waals surface area contributed by atoms with Gasteiger partial charge in [0.15, 0.2) is 0 Å². The van der Waals surface area contributed by atoms with Crippen LogP contribution in [0, 0.1) is 5.82 Å². The van der Waals surface area contributed by atoms with Gasteiger partial charge in [0, 0.05) is 42.6 Å². The number of carbonyl (C=O) groups is 1. The largest absolute Gasteiger partial charge is 0.478 e. The lowest BCUT2D eigenvalue weighted by Gasteiger charge is -2.32. The van der Waals surface area contributed by atoms with Gasteiger partial charge in [0.1, 0.15) is 5.82 Å². The van der Waals surface area contributed by atoms with E-state index >= 15 is 0 Å². The van der Waals surface area contributed by atoms with E-state index in [0.717, 1.165) is 38.0 Å². The highest BCUT2D eigenvalue weighted by Crippen LogP contribution is 2.35. The number of carboxylic acids is 1. The van der Waals surface area contributed by atoms with Gasteiger partial charge in [0.2, 0.25) is 0 Å². The Labute approximate surface area is 192 Å². The Morgan fingerprint density at radius 1 is 1.00 bits per heavy atom. The highest BCUT2D eigenvalue weighted by molar-refractivity contribution is 5.88. The van der Waals surface area contributed by atoms with Crippen LogP contribution in [-0.2, 0) is 13.1 Å². The lowest BCUT2D eigenvalue weighted by atomic mass is 9.89. The van der Waals surface area contributed by atoms with Crippen molar-refractivity contribution in [3.05, 3.63) is 101 Å². The number of likely N-dealkylation sites (tertiary alicyclic amines) is 1. The number of fused-ring (bicyclic) bond motifs is 1. The number of aromatic carboxylic acids is 1. The molecule has 2 aromatic heterocycles. The van der Waals surface area contributed by atoms with E-state index in [-0.39, 0.29) is 5.56 Å². The van der Waals surface area contributed by atoms with Gasteiger partial charge in [-0.1, -0.05) is 24.3 Å². The van der Waals surface area contributed by atoms with E-state index in [4.69, 9.17) is 0 Å². The standard InChI is InChI=1S/C27H26FN3O2/c28-25-6-5-20(15-23(25)27(32)33)16-30-13-9-21(10-14-30)24-18-31(17-19-7-11-29-12-8-19)26-4-2-1-3-22(24)26/h1-8,11-12,15,18,21H,9-10,13-14,16-17H2,(H,32,33). The molecule has 1 saturated heterocycles. The van der Waals surface area contributed by atoms with Crippen LogP contribution in [0.4, 0.5) is 4.39 Å². The molecule has 0 bridgehead atoms. The van der Waals surface area contributed by atoms with Gasteiger partial charge < -0.3 is 9.67 Å². The molecule has 5 nitrogen and oxygen atoms in total. The second-order valence-electron chi connectivity index (χ2n) is 8.75. The number of hydrogen-bond donors (Lipinski definition) is 1. The van der Waals surface area contributed by atoms with Crippen molar-refractivity contribution in [1.29, 1.82) is 0 Å². The molecule has 1 aliphatic heterocycles. The zero-order valence-electron chi connectivity index (χ0n) is 18.3. The Morgan fingerprint density at radius 3 is 2.52 bits per heavy atom. The summed E-state index contributed by atoms with van der Waals surface area (Å²) < 4.78 is 16.0. The first-order valence-electron chi connectivity index (χ1n) is 11.3. The summed E-state index contributed by atoms with van der Waals surface area (Å²) in [6.45, 7) is 3.30. The van der Waals surface area contributed by atoms with Gasteiger partial charge in [0.25, 0.3) is 0 Å². The molecule has 1 fully saturated rings. The molecule has 0 atom stereocenters. The van der Waals surface area contributed by atoms with Gasteiger partial charge in [-0.25, -0.2) is 9.18 Å². The zero-order valence-corrected chi connectivity index (χ0v) is 18.3. The lowest BCUT2D eigenvalue weighted by molar-refractivity contribution is 0.0691. The SMILES string of the molecule is O=C(O)c1cc(CN2CCC(c3cn(Cc4ccncc4)c4ccccc34)CC2)ccc1F. The predicted octanol–water partition coefficient (Wildman–Crippen LogP) is 5.30. The Bertz CT molecular complexity index is 1280. The predicted molar refractivity (Wildman–Crippen MR) is 126 cm³/mol. The Morgan fingerprint density at radius 2 is 1.76 bits per heavy atom. The zero-order chi connectivity index (χ0) is 22.8. The van der Waals surface area contributed by atoms with Crippen LogP contribution >= 0.6 is 0 Å². The number of halogens is 1. The molecule has 0 radical (unpaired) electrons. The number of para-hydroxylation sites is 1. The van der Waals surface area contributed by atoms with Gasteiger partial charge in [-0.05, 0) is 78.9 Å². The minimum atomic E-state index is -1.23. The first-order chi connectivity index (χ1) is 16.1. The molecular weight excluding hydrogens is 417 g/mol. The molecule has 0 unspecified atom stereocenters. The third-order valence-corrected chi connectivity index (χ3v) is 6.62. The van der Waals surface area contributed by atoms with Gasteiger partial charge in [-0.2, -0.15) is 0 Å². The van der Waals surface area contributed by atoms with Crippen molar-refractivity contribution in [2.45, 2.75) is 31.8 Å². The minimum absolute atomic E-state index is 0.260. The maximum Gasteiger partial charge on any atom is 0.338 e. The summed E-state index contributed by atoms with van der Waals surface area (Å²) in [6, 6.07) is 17.1. The molecule has 5 rings (SSSR count). The van der Waals surface area contributed by atoms with E-state index in [1.807, 2.05) is 12.4 Å². The smallest absolute Gasteiger partial charge is 0.338 e. The van der Waals surface area contributed by atoms with Gasteiger partial charge in [-0.3, -0.25) is 9.88 Å². The van der Waals surface area contributed by atoms with E-state index < -0.39 is 11.8 Å².